The van der Waals surface area contributed by atoms with Gasteiger partial charge in [-0.1, -0.05) is 13.8 Å². The Morgan fingerprint density at radius 3 is 0.700 bits per heavy atom. The van der Waals surface area contributed by atoms with Gasteiger partial charge in [-0.15, -0.1) is 23.2 Å². The minimum atomic E-state index is 0.167. The molecule has 0 saturated carbocycles. The van der Waals surface area contributed by atoms with Gasteiger partial charge in [-0.05, 0) is 81.7 Å². The lowest BCUT2D eigenvalue weighted by Crippen LogP contribution is -1.87. The van der Waals surface area contributed by atoms with Gasteiger partial charge in [0.15, 0.2) is 0 Å². The molecular formula is C28H59Cl2NO8S. The second kappa shape index (κ2) is 83.2. The highest BCUT2D eigenvalue weighted by Gasteiger charge is 1.77. The van der Waals surface area contributed by atoms with E-state index in [1.54, 1.807) is 45.9 Å². The van der Waals surface area contributed by atoms with Crippen molar-refractivity contribution < 1.29 is 38.2 Å². The van der Waals surface area contributed by atoms with Gasteiger partial charge in [0.05, 0.1) is 11.4 Å². The van der Waals surface area contributed by atoms with Gasteiger partial charge in [-0.2, -0.15) is 17.0 Å². The largest absolute Gasteiger partial charge is 0.359 e. The predicted octanol–water partition coefficient (Wildman–Crippen LogP) is 7.52. The smallest absolute Gasteiger partial charge is 0.145 e. The van der Waals surface area contributed by atoms with Crippen LogP contribution in [0.1, 0.15) is 103 Å². The maximum atomic E-state index is 9.81. The molecule has 0 amide bonds. The second-order valence-corrected chi connectivity index (χ2v) is 8.80. The fourth-order valence-electron chi connectivity index (χ4n) is 0.118. The lowest BCUT2D eigenvalue weighted by atomic mass is 10.4. The molecule has 244 valence electrons. The Hall–Kier alpha value is -1.64. The third-order valence-electron chi connectivity index (χ3n) is 1.23. The molecule has 0 N–H and O–H groups in total. The lowest BCUT2D eigenvalue weighted by molar-refractivity contribution is -0.117. The fourth-order valence-corrected chi connectivity index (χ4v) is 0.118. The van der Waals surface area contributed by atoms with Gasteiger partial charge in [0.25, 0.3) is 0 Å². The fraction of sp³-hybridized carbons (Fsp3) is 0.750. The molecule has 0 aliphatic carbocycles. The van der Waals surface area contributed by atoms with Crippen molar-refractivity contribution in [2.24, 2.45) is 0 Å². The summed E-state index contributed by atoms with van der Waals surface area (Å²) in [4.78, 5) is 57.4. The highest BCUT2D eigenvalue weighted by Crippen LogP contribution is 1.73. The summed E-state index contributed by atoms with van der Waals surface area (Å²) < 4.78 is 8.94. The van der Waals surface area contributed by atoms with Crippen LogP contribution in [0.3, 0.4) is 0 Å². The maximum absolute atomic E-state index is 9.81. The number of Topliss-reactive ketones (excluding diaryl/α,β-unsaturated/α-hetero) is 6. The number of thioether (sulfide) groups is 1. The van der Waals surface area contributed by atoms with E-state index < -0.39 is 0 Å². The summed E-state index contributed by atoms with van der Waals surface area (Å²) in [6.45, 7) is 20.9. The van der Waals surface area contributed by atoms with Crippen LogP contribution in [-0.4, -0.2) is 73.6 Å². The molecule has 0 fully saturated rings. The molecule has 0 heterocycles. The number of halogens is 2. The summed E-state index contributed by atoms with van der Waals surface area (Å²) in [7, 11) is 3.17. The first-order valence-corrected chi connectivity index (χ1v) is 14.5. The third-order valence-corrected chi connectivity index (χ3v) is 1.23. The summed E-state index contributed by atoms with van der Waals surface area (Å²) in [5.41, 5.74) is 0. The number of carbonyl (C=O) groups excluding carboxylic acids is 6. The number of hydrogen-bond donors (Lipinski definition) is 0. The van der Waals surface area contributed by atoms with Crippen molar-refractivity contribution in [3.05, 3.63) is 0 Å². The van der Waals surface area contributed by atoms with Crippen molar-refractivity contribution >= 4 is 69.7 Å². The molecule has 0 rings (SSSR count). The molecule has 0 aromatic carbocycles. The Kier molecular flexibility index (Phi) is 139. The van der Waals surface area contributed by atoms with Crippen LogP contribution in [0.4, 0.5) is 0 Å². The minimum Gasteiger partial charge on any atom is -0.359 e. The van der Waals surface area contributed by atoms with Crippen LogP contribution >= 0.6 is 35.0 Å². The van der Waals surface area contributed by atoms with E-state index in [1.807, 2.05) is 26.4 Å². The van der Waals surface area contributed by atoms with E-state index in [2.05, 4.69) is 9.47 Å². The van der Waals surface area contributed by atoms with Crippen LogP contribution in [0, 0.1) is 11.3 Å². The van der Waals surface area contributed by atoms with Crippen LogP contribution in [-0.2, 0) is 38.2 Å². The van der Waals surface area contributed by atoms with Crippen molar-refractivity contribution in [2.45, 2.75) is 103 Å². The van der Waals surface area contributed by atoms with E-state index in [4.69, 9.17) is 28.5 Å². The number of hydrogen-bond acceptors (Lipinski definition) is 10. The number of nitriles is 1. The maximum Gasteiger partial charge on any atom is 0.145 e. The van der Waals surface area contributed by atoms with Gasteiger partial charge >= 0.3 is 0 Å². The van der Waals surface area contributed by atoms with Gasteiger partial charge in [0, 0.05) is 34.0 Å². The van der Waals surface area contributed by atoms with E-state index in [0.29, 0.717) is 19.6 Å². The van der Waals surface area contributed by atoms with Crippen LogP contribution in [0.15, 0.2) is 0 Å². The standard InChI is InChI=1S/2C4H8O.C3H8O2.4C3H6O.C2H3N.C2H6S.CH2Cl2/c2*1-3-4(2)5;1-4-3-5-2;4*1-3(2)4;1-2-3;1-3-2;2-1-3/h3*3H2,1-2H3;4*1-2H3;1H3;1-2H3;1H2. The number of carbonyl (C=O) groups is 6. The second-order valence-electron chi connectivity index (χ2n) is 7.17. The number of rotatable bonds is 4. The van der Waals surface area contributed by atoms with Gasteiger partial charge in [0.1, 0.15) is 41.5 Å². The first-order chi connectivity index (χ1) is 18.1. The predicted molar refractivity (Wildman–Crippen MR) is 174 cm³/mol. The Bertz CT molecular complexity index is 487. The molecule has 0 aliphatic rings. The average Bonchev–Trinajstić information content (AvgIpc) is 2.75. The highest BCUT2D eigenvalue weighted by molar-refractivity contribution is 7.97. The molecule has 0 saturated heterocycles. The molecule has 12 heteroatoms. The van der Waals surface area contributed by atoms with E-state index >= 15 is 0 Å². The molecule has 0 aliphatic heterocycles. The van der Waals surface area contributed by atoms with Crippen molar-refractivity contribution in [3.8, 4) is 6.07 Å². The van der Waals surface area contributed by atoms with Crippen molar-refractivity contribution in [1.82, 2.24) is 0 Å². The molecule has 0 unspecified atom stereocenters. The van der Waals surface area contributed by atoms with E-state index in [-0.39, 0.29) is 40.0 Å². The van der Waals surface area contributed by atoms with Crippen LogP contribution < -0.4 is 0 Å². The molecular weight excluding hydrogens is 581 g/mol. The summed E-state index contributed by atoms with van der Waals surface area (Å²) in [5.74, 6) is 1.18. The lowest BCUT2D eigenvalue weighted by Gasteiger charge is -1.87. The number of alkyl halides is 2. The third kappa shape index (κ3) is 2390. The quantitative estimate of drug-likeness (QED) is 0.223. The summed E-state index contributed by atoms with van der Waals surface area (Å²) in [6, 6.07) is 1.75. The number of ketones is 6. The molecule has 0 aromatic heterocycles. The van der Waals surface area contributed by atoms with Crippen molar-refractivity contribution in [1.29, 1.82) is 5.26 Å². The van der Waals surface area contributed by atoms with E-state index in [9.17, 15) is 28.8 Å². The zero-order chi connectivity index (χ0) is 35.1. The van der Waals surface area contributed by atoms with Crippen LogP contribution in [0.25, 0.3) is 0 Å². The Labute approximate surface area is 260 Å². The first-order valence-electron chi connectivity index (χ1n) is 11.8. The monoisotopic (exact) mass is 639 g/mol. The van der Waals surface area contributed by atoms with Gasteiger partial charge in [-0.25, -0.2) is 0 Å². The molecule has 0 radical (unpaired) electrons. The zero-order valence-electron chi connectivity index (χ0n) is 28.2. The summed E-state index contributed by atoms with van der Waals surface area (Å²) in [5, 5.41) is 7.51. The Morgan fingerprint density at radius 2 is 0.700 bits per heavy atom. The van der Waals surface area contributed by atoms with E-state index in [1.165, 1.54) is 62.3 Å². The number of methoxy groups -OCH3 is 2. The van der Waals surface area contributed by atoms with Gasteiger partial charge in [-0.3, -0.25) is 0 Å². The summed E-state index contributed by atoms with van der Waals surface area (Å²) in [6.07, 6.45) is 5.42. The van der Waals surface area contributed by atoms with Gasteiger partial charge in [0.2, 0.25) is 0 Å². The Balaban J connectivity index is -0.0000000314. The molecule has 0 aromatic rings. The number of ether oxygens (including phenoxy) is 2. The molecule has 0 bridgehead atoms. The topological polar surface area (TPSA) is 145 Å². The first kappa shape index (κ1) is 66.6. The van der Waals surface area contributed by atoms with Crippen LogP contribution in [0.5, 0.6) is 0 Å². The van der Waals surface area contributed by atoms with Crippen molar-refractivity contribution in [2.75, 3.05) is 38.9 Å². The SMILES string of the molecule is CC#N.CC(C)=O.CC(C)=O.CC(C)=O.CC(C)=O.CCC(C)=O.CCC(C)=O.COCOC.CSC.ClCCl. The molecule has 0 spiro atoms. The number of nitrogens with zero attached hydrogens (tertiary/aromatic N) is 1. The molecule has 9 nitrogen and oxygen atoms in total. The Morgan fingerprint density at radius 1 is 0.625 bits per heavy atom. The summed E-state index contributed by atoms with van der Waals surface area (Å²) >= 11 is 11.3. The molecule has 0 atom stereocenters. The highest BCUT2D eigenvalue weighted by atomic mass is 35.5. The zero-order valence-corrected chi connectivity index (χ0v) is 30.5. The minimum absolute atomic E-state index is 0.167. The van der Waals surface area contributed by atoms with Crippen molar-refractivity contribution in [3.63, 3.8) is 0 Å². The van der Waals surface area contributed by atoms with Crippen LogP contribution in [0.2, 0.25) is 0 Å². The van der Waals surface area contributed by atoms with E-state index in [0.717, 1.165) is 0 Å². The molecule has 40 heavy (non-hydrogen) atoms. The van der Waals surface area contributed by atoms with Gasteiger partial charge < -0.3 is 38.2 Å². The normalized spacial score (nSPS) is 6.65. The average molecular weight is 641 g/mol.